The molecule has 7 heteroatoms. The maximum absolute atomic E-state index is 13.0. The Hall–Kier alpha value is -2.18. The zero-order valence-corrected chi connectivity index (χ0v) is 15.7. The molecule has 0 bridgehead atoms. The van der Waals surface area contributed by atoms with Crippen LogP contribution in [-0.4, -0.2) is 51.1 Å². The Bertz CT molecular complexity index is 748. The third-order valence-corrected chi connectivity index (χ3v) is 5.70. The molecule has 2 aliphatic heterocycles. The van der Waals surface area contributed by atoms with Gasteiger partial charge >= 0.3 is 6.09 Å². The van der Waals surface area contributed by atoms with Crippen LogP contribution in [0.3, 0.4) is 0 Å². The van der Waals surface area contributed by atoms with Crippen LogP contribution in [0, 0.1) is 0 Å². The van der Waals surface area contributed by atoms with Crippen molar-refractivity contribution >= 4 is 17.8 Å². The monoisotopic (exact) mass is 358 g/mol. The fourth-order valence-electron chi connectivity index (χ4n) is 4.29. The van der Waals surface area contributed by atoms with E-state index in [1.165, 1.54) is 23.3 Å². The van der Waals surface area contributed by atoms with Crippen molar-refractivity contribution in [1.29, 1.82) is 0 Å². The summed E-state index contributed by atoms with van der Waals surface area (Å²) in [6, 6.07) is 0. The number of carbonyl (C=O) groups excluding carboxylic acids is 2. The van der Waals surface area contributed by atoms with Crippen LogP contribution in [0.1, 0.15) is 57.7 Å². The molecule has 2 amide bonds. The minimum atomic E-state index is -1.01. The van der Waals surface area contributed by atoms with Crippen LogP contribution < -0.4 is 4.90 Å². The van der Waals surface area contributed by atoms with Gasteiger partial charge in [-0.3, -0.25) is 4.79 Å². The van der Waals surface area contributed by atoms with Crippen molar-refractivity contribution in [3.8, 4) is 0 Å². The highest BCUT2D eigenvalue weighted by molar-refractivity contribution is 6.03. The number of fused-ring (bicyclic) bond motifs is 1. The molecule has 0 atom stereocenters. The summed E-state index contributed by atoms with van der Waals surface area (Å²) in [6.45, 7) is 6.87. The van der Waals surface area contributed by atoms with Gasteiger partial charge in [-0.15, -0.1) is 0 Å². The van der Waals surface area contributed by atoms with Crippen LogP contribution in [0.5, 0.6) is 0 Å². The number of hydrogen-bond donors (Lipinski definition) is 0. The first kappa shape index (κ1) is 17.2. The third-order valence-electron chi connectivity index (χ3n) is 5.70. The number of ether oxygens (including phenoxy) is 1. The Kier molecular flexibility index (Phi) is 3.93. The normalized spacial score (nSPS) is 22.6. The molecule has 0 unspecified atom stereocenters. The summed E-state index contributed by atoms with van der Waals surface area (Å²) >= 11 is 0. The lowest BCUT2D eigenvalue weighted by molar-refractivity contribution is -0.140. The Labute approximate surface area is 153 Å². The Morgan fingerprint density at radius 2 is 1.77 bits per heavy atom. The molecule has 140 valence electrons. The first-order chi connectivity index (χ1) is 12.3. The maximum Gasteiger partial charge on any atom is 0.418 e. The quantitative estimate of drug-likeness (QED) is 0.768. The van der Waals surface area contributed by atoms with Crippen molar-refractivity contribution in [3.05, 3.63) is 17.6 Å². The first-order valence-corrected chi connectivity index (χ1v) is 9.47. The standard InChI is InChI=1S/C19H26N4O3/c1-18(2,3)23-16(24)19(26-17(23)25)8-10-22(11-9-19)15-13-6-4-5-7-14(13)20-12-21-15/h12H,4-11H2,1-3H3. The lowest BCUT2D eigenvalue weighted by atomic mass is 9.88. The van der Waals surface area contributed by atoms with E-state index < -0.39 is 17.2 Å². The highest BCUT2D eigenvalue weighted by Crippen LogP contribution is 2.39. The molecule has 2 saturated heterocycles. The summed E-state index contributed by atoms with van der Waals surface area (Å²) in [5.41, 5.74) is 0.832. The van der Waals surface area contributed by atoms with Gasteiger partial charge in [-0.25, -0.2) is 19.7 Å². The molecular formula is C19H26N4O3. The molecule has 1 spiro atoms. The van der Waals surface area contributed by atoms with Crippen molar-refractivity contribution in [2.45, 2.75) is 70.4 Å². The molecular weight excluding hydrogens is 332 g/mol. The van der Waals surface area contributed by atoms with Crippen LogP contribution in [0.15, 0.2) is 6.33 Å². The molecule has 1 aliphatic carbocycles. The number of aryl methyl sites for hydroxylation is 1. The fraction of sp³-hybridized carbons (Fsp3) is 0.684. The van der Waals surface area contributed by atoms with Crippen LogP contribution in [-0.2, 0) is 22.4 Å². The van der Waals surface area contributed by atoms with Crippen molar-refractivity contribution in [2.75, 3.05) is 18.0 Å². The second-order valence-electron chi connectivity index (χ2n) is 8.49. The average Bonchev–Trinajstić information content (AvgIpc) is 2.85. The van der Waals surface area contributed by atoms with Gasteiger partial charge in [0.05, 0.1) is 0 Å². The number of piperidine rings is 1. The van der Waals surface area contributed by atoms with E-state index in [4.69, 9.17) is 4.74 Å². The predicted molar refractivity (Wildman–Crippen MR) is 95.9 cm³/mol. The maximum atomic E-state index is 13.0. The minimum Gasteiger partial charge on any atom is -0.432 e. The molecule has 7 nitrogen and oxygen atoms in total. The molecule has 2 fully saturated rings. The van der Waals surface area contributed by atoms with E-state index in [9.17, 15) is 9.59 Å². The minimum absolute atomic E-state index is 0.195. The summed E-state index contributed by atoms with van der Waals surface area (Å²) in [7, 11) is 0. The zero-order valence-electron chi connectivity index (χ0n) is 15.7. The Morgan fingerprint density at radius 3 is 2.42 bits per heavy atom. The van der Waals surface area contributed by atoms with Gasteiger partial charge in [0.1, 0.15) is 12.1 Å². The van der Waals surface area contributed by atoms with E-state index in [1.807, 2.05) is 20.8 Å². The van der Waals surface area contributed by atoms with Crippen molar-refractivity contribution < 1.29 is 14.3 Å². The number of hydrogen-bond acceptors (Lipinski definition) is 6. The summed E-state index contributed by atoms with van der Waals surface area (Å²) in [6.07, 6.45) is 6.51. The molecule has 0 aromatic carbocycles. The zero-order chi connectivity index (χ0) is 18.5. The van der Waals surface area contributed by atoms with E-state index >= 15 is 0 Å². The SMILES string of the molecule is CC(C)(C)N1C(=O)OC2(CCN(c3ncnc4c3CCCC4)CC2)C1=O. The van der Waals surface area contributed by atoms with Gasteiger partial charge < -0.3 is 9.64 Å². The van der Waals surface area contributed by atoms with E-state index in [2.05, 4.69) is 14.9 Å². The lowest BCUT2D eigenvalue weighted by Crippen LogP contribution is -2.53. The predicted octanol–water partition coefficient (Wildman–Crippen LogP) is 2.47. The second kappa shape index (κ2) is 5.93. The van der Waals surface area contributed by atoms with Crippen LogP contribution in [0.4, 0.5) is 10.6 Å². The van der Waals surface area contributed by atoms with Gasteiger partial charge in [0.15, 0.2) is 5.60 Å². The number of carbonyl (C=O) groups is 2. The van der Waals surface area contributed by atoms with Gasteiger partial charge in [-0.05, 0) is 46.5 Å². The summed E-state index contributed by atoms with van der Waals surface area (Å²) in [5.74, 6) is 0.799. The van der Waals surface area contributed by atoms with Crippen LogP contribution >= 0.6 is 0 Å². The second-order valence-corrected chi connectivity index (χ2v) is 8.49. The third kappa shape index (κ3) is 2.64. The topological polar surface area (TPSA) is 75.6 Å². The average molecular weight is 358 g/mol. The highest BCUT2D eigenvalue weighted by Gasteiger charge is 2.57. The molecule has 3 aliphatic rings. The summed E-state index contributed by atoms with van der Waals surface area (Å²) in [4.78, 5) is 37.7. The molecule has 0 radical (unpaired) electrons. The molecule has 3 heterocycles. The molecule has 1 aromatic rings. The number of amides is 2. The van der Waals surface area contributed by atoms with Gasteiger partial charge in [-0.2, -0.15) is 0 Å². The fourth-order valence-corrected chi connectivity index (χ4v) is 4.29. The molecule has 0 saturated carbocycles. The molecule has 1 aromatic heterocycles. The first-order valence-electron chi connectivity index (χ1n) is 9.47. The Morgan fingerprint density at radius 1 is 1.08 bits per heavy atom. The van der Waals surface area contributed by atoms with Crippen molar-refractivity contribution in [3.63, 3.8) is 0 Å². The largest absolute Gasteiger partial charge is 0.432 e. The number of anilines is 1. The smallest absolute Gasteiger partial charge is 0.418 e. The van der Waals surface area contributed by atoms with Gasteiger partial charge in [0.25, 0.3) is 5.91 Å². The highest BCUT2D eigenvalue weighted by atomic mass is 16.6. The van der Waals surface area contributed by atoms with E-state index in [0.29, 0.717) is 25.9 Å². The number of aromatic nitrogens is 2. The van der Waals surface area contributed by atoms with Gasteiger partial charge in [0, 0.05) is 42.7 Å². The molecule has 0 N–H and O–H groups in total. The van der Waals surface area contributed by atoms with Crippen molar-refractivity contribution in [1.82, 2.24) is 14.9 Å². The Balaban J connectivity index is 1.54. The number of imide groups is 1. The molecule has 26 heavy (non-hydrogen) atoms. The van der Waals surface area contributed by atoms with Crippen molar-refractivity contribution in [2.24, 2.45) is 0 Å². The van der Waals surface area contributed by atoms with E-state index in [-0.39, 0.29) is 5.91 Å². The summed E-state index contributed by atoms with van der Waals surface area (Å²) < 4.78 is 5.62. The lowest BCUT2D eigenvalue weighted by Gasteiger charge is -2.38. The van der Waals surface area contributed by atoms with E-state index in [1.54, 1.807) is 6.33 Å². The summed E-state index contributed by atoms with van der Waals surface area (Å²) in [5, 5.41) is 0. The van der Waals surface area contributed by atoms with Gasteiger partial charge in [-0.1, -0.05) is 0 Å². The number of rotatable bonds is 1. The van der Waals surface area contributed by atoms with Crippen LogP contribution in [0.25, 0.3) is 0 Å². The van der Waals surface area contributed by atoms with E-state index in [0.717, 1.165) is 24.4 Å². The van der Waals surface area contributed by atoms with Gasteiger partial charge in [0.2, 0.25) is 0 Å². The molecule has 4 rings (SSSR count). The van der Waals surface area contributed by atoms with Crippen LogP contribution in [0.2, 0.25) is 0 Å². The number of nitrogens with zero attached hydrogens (tertiary/aromatic N) is 4.